The first-order chi connectivity index (χ1) is 13.7. The number of fused-ring (bicyclic) bond motifs is 1. The van der Waals surface area contributed by atoms with E-state index in [4.69, 9.17) is 9.26 Å². The third-order valence-corrected chi connectivity index (χ3v) is 6.16. The van der Waals surface area contributed by atoms with Gasteiger partial charge in [0.15, 0.2) is 0 Å². The van der Waals surface area contributed by atoms with Crippen LogP contribution in [0.25, 0.3) is 11.4 Å². The number of carbonyl (C=O) groups is 1. The van der Waals surface area contributed by atoms with Gasteiger partial charge in [-0.25, -0.2) is 0 Å². The van der Waals surface area contributed by atoms with E-state index in [9.17, 15) is 4.79 Å². The lowest BCUT2D eigenvalue weighted by Crippen LogP contribution is -2.49. The zero-order valence-corrected chi connectivity index (χ0v) is 16.6. The second-order valence-electron chi connectivity index (χ2n) is 7.94. The average molecular weight is 383 g/mol. The van der Waals surface area contributed by atoms with Crippen molar-refractivity contribution in [3.05, 3.63) is 30.2 Å². The molecule has 1 aromatic heterocycles. The van der Waals surface area contributed by atoms with Crippen LogP contribution in [0.3, 0.4) is 0 Å². The van der Waals surface area contributed by atoms with Gasteiger partial charge in [-0.3, -0.25) is 4.79 Å². The maximum absolute atomic E-state index is 12.8. The van der Waals surface area contributed by atoms with E-state index in [0.29, 0.717) is 36.5 Å². The highest BCUT2D eigenvalue weighted by Gasteiger charge is 2.35. The number of amides is 1. The van der Waals surface area contributed by atoms with Crippen molar-refractivity contribution in [1.29, 1.82) is 0 Å². The van der Waals surface area contributed by atoms with Crippen LogP contribution >= 0.6 is 0 Å². The van der Waals surface area contributed by atoms with E-state index in [0.717, 1.165) is 36.6 Å². The summed E-state index contributed by atoms with van der Waals surface area (Å²) in [6.45, 7) is 0.933. The molecule has 1 saturated carbocycles. The Morgan fingerprint density at radius 1 is 1.18 bits per heavy atom. The number of carbonyl (C=O) groups excluding carboxylic acids is 1. The Hall–Kier alpha value is -2.37. The minimum atomic E-state index is 0.298. The minimum Gasteiger partial charge on any atom is -0.497 e. The largest absolute Gasteiger partial charge is 0.497 e. The van der Waals surface area contributed by atoms with Gasteiger partial charge in [0.05, 0.1) is 7.11 Å². The Morgan fingerprint density at radius 3 is 2.79 bits per heavy atom. The van der Waals surface area contributed by atoms with Crippen molar-refractivity contribution in [1.82, 2.24) is 15.0 Å². The number of aryl methyl sites for hydroxylation is 1. The van der Waals surface area contributed by atoms with Gasteiger partial charge in [-0.1, -0.05) is 18.0 Å². The lowest BCUT2D eigenvalue weighted by Gasteiger charge is -2.44. The fraction of sp³-hybridized carbons (Fsp3) is 0.591. The topological polar surface area (TPSA) is 68.5 Å². The van der Waals surface area contributed by atoms with Crippen LogP contribution in [0.15, 0.2) is 28.8 Å². The molecule has 150 valence electrons. The summed E-state index contributed by atoms with van der Waals surface area (Å²) in [6.07, 6.45) is 9.47. The van der Waals surface area contributed by atoms with Crippen LogP contribution in [-0.4, -0.2) is 40.6 Å². The molecule has 0 radical (unpaired) electrons. The number of benzene rings is 1. The molecule has 1 saturated heterocycles. The lowest BCUT2D eigenvalue weighted by atomic mass is 9.78. The number of ether oxygens (including phenoxy) is 1. The molecular weight excluding hydrogens is 354 g/mol. The summed E-state index contributed by atoms with van der Waals surface area (Å²) >= 11 is 0. The van der Waals surface area contributed by atoms with Gasteiger partial charge >= 0.3 is 0 Å². The van der Waals surface area contributed by atoms with Crippen molar-refractivity contribution in [2.45, 2.75) is 63.8 Å². The number of nitrogens with zero attached hydrogens (tertiary/aromatic N) is 3. The molecule has 1 aromatic carbocycles. The van der Waals surface area contributed by atoms with Crippen LogP contribution in [0.1, 0.15) is 57.3 Å². The van der Waals surface area contributed by atoms with Crippen LogP contribution in [0.5, 0.6) is 5.75 Å². The summed E-state index contributed by atoms with van der Waals surface area (Å²) in [5, 5.41) is 4.06. The molecular formula is C22H29N3O3. The number of hydrogen-bond donors (Lipinski definition) is 0. The molecule has 2 aromatic rings. The number of methoxy groups -OCH3 is 1. The highest BCUT2D eigenvalue weighted by molar-refractivity contribution is 5.76. The van der Waals surface area contributed by atoms with Gasteiger partial charge in [-0.15, -0.1) is 0 Å². The van der Waals surface area contributed by atoms with Gasteiger partial charge in [0, 0.05) is 31.0 Å². The van der Waals surface area contributed by atoms with Gasteiger partial charge in [0.1, 0.15) is 5.75 Å². The first-order valence-electron chi connectivity index (χ1n) is 10.5. The van der Waals surface area contributed by atoms with Gasteiger partial charge < -0.3 is 14.2 Å². The standard InChI is InChI=1S/C22H29N3O3/c1-27-18-13-11-17(12-14-18)22-23-20(28-24-22)9-4-10-21(26)25-15-5-7-16-6-2-3-8-19(16)25/h11-14,16,19H,2-10,15H2,1H3/t16-,19-/m1/s1. The zero-order valence-electron chi connectivity index (χ0n) is 16.6. The van der Waals surface area contributed by atoms with E-state index >= 15 is 0 Å². The number of piperidine rings is 1. The molecule has 2 heterocycles. The normalized spacial score (nSPS) is 22.0. The Bertz CT molecular complexity index is 785. The molecule has 1 aliphatic heterocycles. The molecule has 2 atom stereocenters. The van der Waals surface area contributed by atoms with E-state index in [1.165, 1.54) is 32.1 Å². The number of hydrogen-bond acceptors (Lipinski definition) is 5. The Kier molecular flexibility index (Phi) is 5.93. The zero-order chi connectivity index (χ0) is 19.3. The highest BCUT2D eigenvalue weighted by atomic mass is 16.5. The van der Waals surface area contributed by atoms with Crippen molar-refractivity contribution in [2.75, 3.05) is 13.7 Å². The predicted molar refractivity (Wildman–Crippen MR) is 106 cm³/mol. The van der Waals surface area contributed by atoms with Crippen LogP contribution in [0, 0.1) is 5.92 Å². The average Bonchev–Trinajstić information content (AvgIpc) is 3.22. The minimum absolute atomic E-state index is 0.298. The van der Waals surface area contributed by atoms with E-state index in [1.54, 1.807) is 7.11 Å². The number of rotatable bonds is 6. The first-order valence-corrected chi connectivity index (χ1v) is 10.5. The first kappa shape index (κ1) is 19.0. The maximum Gasteiger partial charge on any atom is 0.226 e. The smallest absolute Gasteiger partial charge is 0.226 e. The highest BCUT2D eigenvalue weighted by Crippen LogP contribution is 2.35. The lowest BCUT2D eigenvalue weighted by molar-refractivity contribution is -0.137. The van der Waals surface area contributed by atoms with Crippen molar-refractivity contribution >= 4 is 5.91 Å². The van der Waals surface area contributed by atoms with Gasteiger partial charge in [0.2, 0.25) is 17.6 Å². The van der Waals surface area contributed by atoms with Gasteiger partial charge in [0.25, 0.3) is 0 Å². The van der Waals surface area contributed by atoms with E-state index in [2.05, 4.69) is 15.0 Å². The van der Waals surface area contributed by atoms with Crippen LogP contribution in [-0.2, 0) is 11.2 Å². The Morgan fingerprint density at radius 2 is 1.96 bits per heavy atom. The van der Waals surface area contributed by atoms with Gasteiger partial charge in [-0.05, 0) is 62.3 Å². The summed E-state index contributed by atoms with van der Waals surface area (Å²) in [6, 6.07) is 8.06. The molecule has 4 rings (SSSR count). The molecule has 6 heteroatoms. The molecule has 28 heavy (non-hydrogen) atoms. The van der Waals surface area contributed by atoms with Crippen molar-refractivity contribution in [3.8, 4) is 17.1 Å². The Balaban J connectivity index is 1.29. The van der Waals surface area contributed by atoms with E-state index in [1.807, 2.05) is 24.3 Å². The van der Waals surface area contributed by atoms with Gasteiger partial charge in [-0.2, -0.15) is 4.98 Å². The maximum atomic E-state index is 12.8. The molecule has 1 amide bonds. The second-order valence-corrected chi connectivity index (χ2v) is 7.94. The SMILES string of the molecule is COc1ccc(-c2noc(CCCC(=O)N3CCC[C@H]4CCCC[C@H]43)n2)cc1. The van der Waals surface area contributed by atoms with Crippen LogP contribution in [0.4, 0.5) is 0 Å². The predicted octanol–water partition coefficient (Wildman–Crippen LogP) is 4.25. The van der Waals surface area contributed by atoms with Crippen molar-refractivity contribution in [3.63, 3.8) is 0 Å². The summed E-state index contributed by atoms with van der Waals surface area (Å²) in [7, 11) is 1.64. The molecule has 0 bridgehead atoms. The fourth-order valence-electron chi connectivity index (χ4n) is 4.68. The van der Waals surface area contributed by atoms with E-state index < -0.39 is 0 Å². The molecule has 0 unspecified atom stereocenters. The number of likely N-dealkylation sites (tertiary alicyclic amines) is 1. The van der Waals surface area contributed by atoms with Crippen molar-refractivity contribution < 1.29 is 14.1 Å². The quantitative estimate of drug-likeness (QED) is 0.746. The molecule has 1 aliphatic carbocycles. The molecule has 0 spiro atoms. The Labute approximate surface area is 166 Å². The third-order valence-electron chi connectivity index (χ3n) is 6.16. The summed E-state index contributed by atoms with van der Waals surface area (Å²) in [5.41, 5.74) is 0.892. The monoisotopic (exact) mass is 383 g/mol. The summed E-state index contributed by atoms with van der Waals surface area (Å²) in [5.74, 6) is 2.99. The molecule has 2 aliphatic rings. The van der Waals surface area contributed by atoms with Crippen LogP contribution < -0.4 is 4.74 Å². The fourth-order valence-corrected chi connectivity index (χ4v) is 4.68. The molecule has 0 N–H and O–H groups in total. The van der Waals surface area contributed by atoms with Crippen molar-refractivity contribution in [2.24, 2.45) is 5.92 Å². The second kappa shape index (κ2) is 8.76. The van der Waals surface area contributed by atoms with Crippen LogP contribution in [0.2, 0.25) is 0 Å². The van der Waals surface area contributed by atoms with E-state index in [-0.39, 0.29) is 0 Å². The number of aromatic nitrogens is 2. The summed E-state index contributed by atoms with van der Waals surface area (Å²) in [4.78, 5) is 19.4. The molecule has 6 nitrogen and oxygen atoms in total. The molecule has 2 fully saturated rings. The third kappa shape index (κ3) is 4.21. The summed E-state index contributed by atoms with van der Waals surface area (Å²) < 4.78 is 10.5.